The molecule has 204 valence electrons. The number of aromatic nitrogens is 2. The summed E-state index contributed by atoms with van der Waals surface area (Å²) in [5.41, 5.74) is 2.00. The van der Waals surface area contributed by atoms with Gasteiger partial charge in [-0.2, -0.15) is 4.98 Å². The monoisotopic (exact) mass is 522 g/mol. The van der Waals surface area contributed by atoms with E-state index in [-0.39, 0.29) is 17.9 Å². The number of piperidine rings is 1. The van der Waals surface area contributed by atoms with Crippen LogP contribution in [-0.4, -0.2) is 60.9 Å². The third-order valence-electron chi connectivity index (χ3n) is 6.56. The number of likely N-dealkylation sites (tertiary alicyclic amines) is 1. The number of carbonyl (C=O) groups excluding carboxylic acids is 1. The van der Waals surface area contributed by atoms with Crippen LogP contribution in [0.1, 0.15) is 44.6 Å². The molecule has 1 N–H and O–H groups in total. The Bertz CT molecular complexity index is 1200. The van der Waals surface area contributed by atoms with E-state index in [2.05, 4.69) is 32.5 Å². The highest BCUT2D eigenvalue weighted by Crippen LogP contribution is 2.31. The fourth-order valence-corrected chi connectivity index (χ4v) is 4.71. The molecule has 2 aromatic carbocycles. The minimum Gasteiger partial charge on any atom is -0.493 e. The average Bonchev–Trinajstić information content (AvgIpc) is 3.39. The lowest BCUT2D eigenvalue weighted by atomic mass is 9.97. The lowest BCUT2D eigenvalue weighted by Crippen LogP contribution is -2.43. The first kappa shape index (κ1) is 27.4. The summed E-state index contributed by atoms with van der Waals surface area (Å²) in [6.45, 7) is 6.78. The highest BCUT2D eigenvalue weighted by atomic mass is 16.5. The van der Waals surface area contributed by atoms with Gasteiger partial charge in [-0.25, -0.2) is 0 Å². The Morgan fingerprint density at radius 1 is 1.16 bits per heavy atom. The lowest BCUT2D eigenvalue weighted by Gasteiger charge is -2.30. The fourth-order valence-electron chi connectivity index (χ4n) is 4.71. The molecule has 0 bridgehead atoms. The van der Waals surface area contributed by atoms with Crippen molar-refractivity contribution in [1.29, 1.82) is 0 Å². The van der Waals surface area contributed by atoms with Crippen molar-refractivity contribution in [2.75, 3.05) is 33.9 Å². The maximum atomic E-state index is 12.9. The molecular formula is C29H38N4O5. The molecule has 1 aliphatic rings. The van der Waals surface area contributed by atoms with E-state index in [1.54, 1.807) is 14.2 Å². The largest absolute Gasteiger partial charge is 0.493 e. The zero-order chi connectivity index (χ0) is 26.9. The molecule has 0 aliphatic carbocycles. The van der Waals surface area contributed by atoms with Gasteiger partial charge in [0.2, 0.25) is 17.6 Å². The normalized spacial score (nSPS) is 15.9. The van der Waals surface area contributed by atoms with Gasteiger partial charge in [0.05, 0.1) is 32.8 Å². The predicted molar refractivity (Wildman–Crippen MR) is 144 cm³/mol. The predicted octanol–water partition coefficient (Wildman–Crippen LogP) is 4.50. The van der Waals surface area contributed by atoms with Crippen LogP contribution < -0.4 is 19.5 Å². The van der Waals surface area contributed by atoms with E-state index in [1.807, 2.05) is 44.2 Å². The van der Waals surface area contributed by atoms with E-state index in [9.17, 15) is 4.79 Å². The van der Waals surface area contributed by atoms with Gasteiger partial charge in [0.25, 0.3) is 0 Å². The summed E-state index contributed by atoms with van der Waals surface area (Å²) in [4.78, 5) is 19.6. The Morgan fingerprint density at radius 2 is 2.00 bits per heavy atom. The molecule has 3 aromatic rings. The van der Waals surface area contributed by atoms with Crippen molar-refractivity contribution in [3.8, 4) is 28.6 Å². The van der Waals surface area contributed by atoms with Crippen LogP contribution in [0, 0.1) is 5.92 Å². The van der Waals surface area contributed by atoms with Crippen molar-refractivity contribution in [2.24, 2.45) is 5.92 Å². The van der Waals surface area contributed by atoms with Gasteiger partial charge in [-0.3, -0.25) is 9.69 Å². The summed E-state index contributed by atoms with van der Waals surface area (Å²) < 4.78 is 22.0. The standard InChI is InChI=1S/C29H38N4O5/c1-20(2)37-24-11-5-8-21(16-24)9-6-14-30-29(34)23-10-7-15-33(18-23)19-27-31-28(32-38-27)22-12-13-25(35-3)26(17-22)36-4/h5,8,11-13,16-17,20,23H,6-7,9-10,14-15,18-19H2,1-4H3,(H,30,34). The summed E-state index contributed by atoms with van der Waals surface area (Å²) in [5, 5.41) is 7.26. The van der Waals surface area contributed by atoms with Gasteiger partial charge in [-0.1, -0.05) is 17.3 Å². The van der Waals surface area contributed by atoms with Gasteiger partial charge >= 0.3 is 0 Å². The number of carbonyl (C=O) groups is 1. The Labute approximate surface area is 224 Å². The summed E-state index contributed by atoms with van der Waals surface area (Å²) in [6, 6.07) is 13.7. The van der Waals surface area contributed by atoms with Crippen LogP contribution in [0.3, 0.4) is 0 Å². The molecule has 9 heteroatoms. The number of rotatable bonds is 12. The number of hydrogen-bond donors (Lipinski definition) is 1. The van der Waals surface area contributed by atoms with Crippen LogP contribution in [0.25, 0.3) is 11.4 Å². The molecule has 1 amide bonds. The smallest absolute Gasteiger partial charge is 0.241 e. The maximum absolute atomic E-state index is 12.9. The molecule has 2 heterocycles. The van der Waals surface area contributed by atoms with Crippen molar-refractivity contribution < 1.29 is 23.5 Å². The van der Waals surface area contributed by atoms with Crippen LogP contribution in [-0.2, 0) is 17.8 Å². The number of hydrogen-bond acceptors (Lipinski definition) is 8. The van der Waals surface area contributed by atoms with Crippen molar-refractivity contribution in [2.45, 2.75) is 52.2 Å². The summed E-state index contributed by atoms with van der Waals surface area (Å²) in [6.07, 6.45) is 3.77. The number of methoxy groups -OCH3 is 2. The van der Waals surface area contributed by atoms with Gasteiger partial charge in [0, 0.05) is 18.7 Å². The van der Waals surface area contributed by atoms with Gasteiger partial charge in [0.15, 0.2) is 11.5 Å². The number of ether oxygens (including phenoxy) is 3. The molecule has 38 heavy (non-hydrogen) atoms. The van der Waals surface area contributed by atoms with E-state index in [4.69, 9.17) is 18.7 Å². The van der Waals surface area contributed by atoms with Gasteiger partial charge in [-0.15, -0.1) is 0 Å². The second-order valence-electron chi connectivity index (χ2n) is 9.86. The number of nitrogens with zero attached hydrogens (tertiary/aromatic N) is 3. The first-order valence-corrected chi connectivity index (χ1v) is 13.3. The van der Waals surface area contributed by atoms with E-state index >= 15 is 0 Å². The molecule has 0 spiro atoms. The summed E-state index contributed by atoms with van der Waals surface area (Å²) >= 11 is 0. The molecule has 0 radical (unpaired) electrons. The van der Waals surface area contributed by atoms with Crippen LogP contribution >= 0.6 is 0 Å². The minimum absolute atomic E-state index is 0.0419. The molecule has 1 unspecified atom stereocenters. The molecule has 1 saturated heterocycles. The van der Waals surface area contributed by atoms with Gasteiger partial charge < -0.3 is 24.1 Å². The van der Waals surface area contributed by atoms with Gasteiger partial charge in [-0.05, 0) is 82.0 Å². The molecule has 1 fully saturated rings. The Morgan fingerprint density at radius 3 is 2.79 bits per heavy atom. The highest BCUT2D eigenvalue weighted by molar-refractivity contribution is 5.78. The van der Waals surface area contributed by atoms with E-state index < -0.39 is 0 Å². The van der Waals surface area contributed by atoms with Crippen LogP contribution in [0.15, 0.2) is 47.0 Å². The highest BCUT2D eigenvalue weighted by Gasteiger charge is 2.26. The third kappa shape index (κ3) is 7.47. The Balaban J connectivity index is 1.24. The Kier molecular flexibility index (Phi) is 9.59. The number of amides is 1. The minimum atomic E-state index is -0.0419. The first-order valence-electron chi connectivity index (χ1n) is 13.3. The van der Waals surface area contributed by atoms with Crippen molar-refractivity contribution >= 4 is 5.91 Å². The molecule has 1 atom stereocenters. The van der Waals surface area contributed by atoms with Gasteiger partial charge in [0.1, 0.15) is 5.75 Å². The molecule has 1 aliphatic heterocycles. The van der Waals surface area contributed by atoms with E-state index in [1.165, 1.54) is 5.56 Å². The summed E-state index contributed by atoms with van der Waals surface area (Å²) in [5.74, 6) is 3.23. The van der Waals surface area contributed by atoms with Crippen molar-refractivity contribution in [3.63, 3.8) is 0 Å². The van der Waals surface area contributed by atoms with Crippen molar-refractivity contribution in [1.82, 2.24) is 20.4 Å². The number of benzene rings is 2. The average molecular weight is 523 g/mol. The zero-order valence-electron chi connectivity index (χ0n) is 22.7. The molecule has 4 rings (SSSR count). The van der Waals surface area contributed by atoms with Crippen LogP contribution in [0.5, 0.6) is 17.2 Å². The van der Waals surface area contributed by atoms with E-state index in [0.717, 1.165) is 43.5 Å². The van der Waals surface area contributed by atoms with Crippen LogP contribution in [0.2, 0.25) is 0 Å². The number of nitrogens with one attached hydrogen (secondary N) is 1. The van der Waals surface area contributed by atoms with Crippen molar-refractivity contribution in [3.05, 3.63) is 53.9 Å². The second-order valence-corrected chi connectivity index (χ2v) is 9.86. The SMILES string of the molecule is COc1ccc(-c2noc(CN3CCCC(C(=O)NCCCc4cccc(OC(C)C)c4)C3)n2)cc1OC. The topological polar surface area (TPSA) is 99.0 Å². The summed E-state index contributed by atoms with van der Waals surface area (Å²) in [7, 11) is 3.19. The number of aryl methyl sites for hydroxylation is 1. The molecule has 9 nitrogen and oxygen atoms in total. The first-order chi connectivity index (χ1) is 18.4. The second kappa shape index (κ2) is 13.3. The van der Waals surface area contributed by atoms with E-state index in [0.29, 0.717) is 42.8 Å². The Hall–Kier alpha value is -3.59. The quantitative estimate of drug-likeness (QED) is 0.347. The van der Waals surface area contributed by atoms with Crippen LogP contribution in [0.4, 0.5) is 0 Å². The molecular weight excluding hydrogens is 484 g/mol. The molecule has 0 saturated carbocycles. The maximum Gasteiger partial charge on any atom is 0.241 e. The fraction of sp³-hybridized carbons (Fsp3) is 0.483. The lowest BCUT2D eigenvalue weighted by molar-refractivity contribution is -0.126. The third-order valence-corrected chi connectivity index (χ3v) is 6.56. The zero-order valence-corrected chi connectivity index (χ0v) is 22.7. The molecule has 1 aromatic heterocycles.